The Bertz CT molecular complexity index is 493. The zero-order valence-corrected chi connectivity index (χ0v) is 9.72. The van der Waals surface area contributed by atoms with Gasteiger partial charge in [-0.2, -0.15) is 0 Å². The number of benzene rings is 1. The molecule has 0 radical (unpaired) electrons. The topological polar surface area (TPSA) is 93.0 Å². The van der Waals surface area contributed by atoms with E-state index in [1.165, 1.54) is 0 Å². The van der Waals surface area contributed by atoms with Crippen LogP contribution in [0.15, 0.2) is 36.7 Å². The van der Waals surface area contributed by atoms with Gasteiger partial charge in [0, 0.05) is 18.9 Å². The fourth-order valence-corrected chi connectivity index (χ4v) is 1.37. The first-order valence-electron chi connectivity index (χ1n) is 5.49. The number of hydrogen-bond donors (Lipinski definition) is 3. The number of ether oxygens (including phenoxy) is 1. The molecule has 1 aromatic heterocycles. The number of nitrogens with two attached hydrogens (primary N) is 1. The van der Waals surface area contributed by atoms with Crippen LogP contribution in [0.25, 0.3) is 0 Å². The van der Waals surface area contributed by atoms with Crippen LogP contribution in [0, 0.1) is 0 Å². The van der Waals surface area contributed by atoms with Crippen LogP contribution in [0.3, 0.4) is 0 Å². The lowest BCUT2D eigenvalue weighted by molar-refractivity contribution is -0.118. The Morgan fingerprint density at radius 1 is 1.39 bits per heavy atom. The summed E-state index contributed by atoms with van der Waals surface area (Å²) in [5.41, 5.74) is 6.50. The number of amides is 1. The second kappa shape index (κ2) is 5.83. The van der Waals surface area contributed by atoms with Crippen LogP contribution in [0.1, 0.15) is 5.56 Å². The molecule has 4 N–H and O–H groups in total. The number of carbonyl (C=O) groups is 1. The van der Waals surface area contributed by atoms with E-state index in [0.29, 0.717) is 18.2 Å². The highest BCUT2D eigenvalue weighted by Gasteiger charge is 2.04. The van der Waals surface area contributed by atoms with E-state index >= 15 is 0 Å². The van der Waals surface area contributed by atoms with E-state index in [1.54, 1.807) is 24.5 Å². The maximum Gasteiger partial charge on any atom is 0.264 e. The zero-order chi connectivity index (χ0) is 12.8. The van der Waals surface area contributed by atoms with Gasteiger partial charge in [0.15, 0.2) is 6.61 Å². The molecule has 1 aromatic carbocycles. The number of aromatic amines is 1. The van der Waals surface area contributed by atoms with Crippen LogP contribution in [-0.2, 0) is 11.3 Å². The van der Waals surface area contributed by atoms with Gasteiger partial charge in [0.25, 0.3) is 5.91 Å². The van der Waals surface area contributed by atoms with Crippen molar-refractivity contribution in [2.24, 2.45) is 5.73 Å². The van der Waals surface area contributed by atoms with Gasteiger partial charge < -0.3 is 15.5 Å². The van der Waals surface area contributed by atoms with Gasteiger partial charge in [-0.25, -0.2) is 4.98 Å². The number of rotatable bonds is 5. The average Bonchev–Trinajstić information content (AvgIpc) is 2.90. The molecular weight excluding hydrogens is 232 g/mol. The summed E-state index contributed by atoms with van der Waals surface area (Å²) in [6.07, 6.45) is 3.18. The largest absolute Gasteiger partial charge is 0.484 e. The minimum atomic E-state index is -0.271. The molecule has 6 heteroatoms. The molecule has 0 saturated carbocycles. The Morgan fingerprint density at radius 3 is 2.78 bits per heavy atom. The SMILES string of the molecule is NCc1ccc(OCC(=O)Nc2ncc[nH]2)cc1. The molecule has 18 heavy (non-hydrogen) atoms. The van der Waals surface area contributed by atoms with Crippen LogP contribution < -0.4 is 15.8 Å². The second-order valence-corrected chi connectivity index (χ2v) is 3.62. The quantitative estimate of drug-likeness (QED) is 0.730. The van der Waals surface area contributed by atoms with Crippen LogP contribution in [0.2, 0.25) is 0 Å². The summed E-state index contributed by atoms with van der Waals surface area (Å²) in [6.45, 7) is 0.419. The van der Waals surface area contributed by atoms with Gasteiger partial charge in [0.1, 0.15) is 5.75 Å². The van der Waals surface area contributed by atoms with Crippen molar-refractivity contribution in [2.75, 3.05) is 11.9 Å². The number of carbonyl (C=O) groups excluding carboxylic acids is 1. The fourth-order valence-electron chi connectivity index (χ4n) is 1.37. The van der Waals surface area contributed by atoms with E-state index in [0.717, 1.165) is 5.56 Å². The Kier molecular flexibility index (Phi) is 3.93. The fraction of sp³-hybridized carbons (Fsp3) is 0.167. The third-order valence-corrected chi connectivity index (χ3v) is 2.29. The van der Waals surface area contributed by atoms with Crippen molar-refractivity contribution in [1.29, 1.82) is 0 Å². The normalized spacial score (nSPS) is 10.1. The van der Waals surface area contributed by atoms with Crippen LogP contribution in [0.4, 0.5) is 5.95 Å². The van der Waals surface area contributed by atoms with Gasteiger partial charge in [-0.05, 0) is 17.7 Å². The summed E-state index contributed by atoms with van der Waals surface area (Å²) in [4.78, 5) is 18.1. The second-order valence-electron chi connectivity index (χ2n) is 3.62. The molecule has 0 atom stereocenters. The minimum Gasteiger partial charge on any atom is -0.484 e. The van der Waals surface area contributed by atoms with Crippen molar-refractivity contribution in [3.63, 3.8) is 0 Å². The molecule has 94 valence electrons. The molecule has 1 amide bonds. The maximum atomic E-state index is 11.5. The van der Waals surface area contributed by atoms with Crippen LogP contribution >= 0.6 is 0 Å². The summed E-state index contributed by atoms with van der Waals surface area (Å²) < 4.78 is 5.32. The standard InChI is InChI=1S/C12H14N4O2/c13-7-9-1-3-10(4-2-9)18-8-11(17)16-12-14-5-6-15-12/h1-6H,7-8,13H2,(H2,14,15,16,17). The number of anilines is 1. The van der Waals surface area contributed by atoms with Crippen molar-refractivity contribution in [1.82, 2.24) is 9.97 Å². The summed E-state index contributed by atoms with van der Waals surface area (Å²) in [6, 6.07) is 7.28. The molecule has 0 aliphatic heterocycles. The Hall–Kier alpha value is -2.34. The van der Waals surface area contributed by atoms with E-state index < -0.39 is 0 Å². The Morgan fingerprint density at radius 2 is 2.17 bits per heavy atom. The summed E-state index contributed by atoms with van der Waals surface area (Å²) >= 11 is 0. The number of nitrogens with zero attached hydrogens (tertiary/aromatic N) is 1. The number of H-pyrrole nitrogens is 1. The van der Waals surface area contributed by atoms with E-state index in [-0.39, 0.29) is 12.5 Å². The highest BCUT2D eigenvalue weighted by atomic mass is 16.5. The molecule has 0 aliphatic carbocycles. The van der Waals surface area contributed by atoms with Gasteiger partial charge in [0.05, 0.1) is 0 Å². The molecule has 0 bridgehead atoms. The zero-order valence-electron chi connectivity index (χ0n) is 9.72. The lowest BCUT2D eigenvalue weighted by atomic mass is 10.2. The van der Waals surface area contributed by atoms with E-state index in [1.807, 2.05) is 12.1 Å². The highest BCUT2D eigenvalue weighted by molar-refractivity contribution is 5.90. The van der Waals surface area contributed by atoms with Gasteiger partial charge >= 0.3 is 0 Å². The molecule has 1 heterocycles. The lowest BCUT2D eigenvalue weighted by Gasteiger charge is -2.06. The number of imidazole rings is 1. The van der Waals surface area contributed by atoms with E-state index in [9.17, 15) is 4.79 Å². The average molecular weight is 246 g/mol. The number of hydrogen-bond acceptors (Lipinski definition) is 4. The molecule has 6 nitrogen and oxygen atoms in total. The van der Waals surface area contributed by atoms with Crippen LogP contribution in [-0.4, -0.2) is 22.5 Å². The first-order chi connectivity index (χ1) is 8.78. The molecular formula is C12H14N4O2. The minimum absolute atomic E-state index is 0.0668. The Balaban J connectivity index is 1.81. The summed E-state index contributed by atoms with van der Waals surface area (Å²) in [5.74, 6) is 0.761. The van der Waals surface area contributed by atoms with Gasteiger partial charge in [-0.1, -0.05) is 12.1 Å². The van der Waals surface area contributed by atoms with Gasteiger partial charge in [0.2, 0.25) is 5.95 Å². The molecule has 0 saturated heterocycles. The molecule has 0 aliphatic rings. The molecule has 0 fully saturated rings. The summed E-state index contributed by atoms with van der Waals surface area (Å²) in [7, 11) is 0. The molecule has 0 unspecified atom stereocenters. The smallest absolute Gasteiger partial charge is 0.264 e. The molecule has 0 spiro atoms. The third kappa shape index (κ3) is 3.33. The predicted molar refractivity (Wildman–Crippen MR) is 67.0 cm³/mol. The van der Waals surface area contributed by atoms with E-state index in [4.69, 9.17) is 10.5 Å². The third-order valence-electron chi connectivity index (χ3n) is 2.29. The number of aromatic nitrogens is 2. The van der Waals surface area contributed by atoms with E-state index in [2.05, 4.69) is 15.3 Å². The first kappa shape index (κ1) is 12.1. The molecule has 2 aromatic rings. The molecule has 2 rings (SSSR count). The van der Waals surface area contributed by atoms with Gasteiger partial charge in [-0.3, -0.25) is 10.1 Å². The summed E-state index contributed by atoms with van der Waals surface area (Å²) in [5, 5.41) is 2.56. The van der Waals surface area contributed by atoms with Gasteiger partial charge in [-0.15, -0.1) is 0 Å². The van der Waals surface area contributed by atoms with Crippen molar-refractivity contribution >= 4 is 11.9 Å². The first-order valence-corrected chi connectivity index (χ1v) is 5.49. The van der Waals surface area contributed by atoms with Crippen LogP contribution in [0.5, 0.6) is 5.75 Å². The maximum absolute atomic E-state index is 11.5. The van der Waals surface area contributed by atoms with Crippen molar-refractivity contribution in [2.45, 2.75) is 6.54 Å². The Labute approximate surface area is 104 Å². The van der Waals surface area contributed by atoms with Crippen molar-refractivity contribution in [3.05, 3.63) is 42.2 Å². The van der Waals surface area contributed by atoms with Crippen molar-refractivity contribution < 1.29 is 9.53 Å². The monoisotopic (exact) mass is 246 g/mol. The lowest BCUT2D eigenvalue weighted by Crippen LogP contribution is -2.20. The predicted octanol–water partition coefficient (Wildman–Crippen LogP) is 0.886. The highest BCUT2D eigenvalue weighted by Crippen LogP contribution is 2.11. The van der Waals surface area contributed by atoms with Crippen molar-refractivity contribution in [3.8, 4) is 5.75 Å². The number of nitrogens with one attached hydrogen (secondary N) is 2.